The van der Waals surface area contributed by atoms with Crippen LogP contribution in [0.25, 0.3) is 5.69 Å². The number of aromatic amines is 1. The summed E-state index contributed by atoms with van der Waals surface area (Å²) in [4.78, 5) is 12.1. The third-order valence-electron chi connectivity index (χ3n) is 3.41. The van der Waals surface area contributed by atoms with Gasteiger partial charge in [-0.2, -0.15) is 15.4 Å². The summed E-state index contributed by atoms with van der Waals surface area (Å²) in [6.07, 6.45) is 1.66. The second kappa shape index (κ2) is 7.31. The highest BCUT2D eigenvalue weighted by Gasteiger charge is 2.07. The smallest absolute Gasteiger partial charge is 0.251 e. The fourth-order valence-corrected chi connectivity index (χ4v) is 2.97. The Hall–Kier alpha value is -2.61. The van der Waals surface area contributed by atoms with Gasteiger partial charge >= 0.3 is 0 Å². The molecule has 3 rings (SSSR count). The normalized spacial score (nSPS) is 10.8. The van der Waals surface area contributed by atoms with Crippen molar-refractivity contribution in [1.29, 1.82) is 0 Å². The molecule has 0 aliphatic heterocycles. The van der Waals surface area contributed by atoms with Crippen molar-refractivity contribution in [2.45, 2.75) is 18.9 Å². The summed E-state index contributed by atoms with van der Waals surface area (Å²) >= 11 is 1.54. The number of nitrogens with zero attached hydrogens (tertiary/aromatic N) is 4. The number of aryl methyl sites for hydroxylation is 2. The van der Waals surface area contributed by atoms with Crippen molar-refractivity contribution in [2.75, 3.05) is 12.3 Å². The number of thioether (sulfide) groups is 1. The summed E-state index contributed by atoms with van der Waals surface area (Å²) < 4.78 is 1.87. The lowest BCUT2D eigenvalue weighted by molar-refractivity contribution is 0.0956. The molecule has 0 aliphatic rings. The van der Waals surface area contributed by atoms with E-state index in [1.165, 1.54) is 11.8 Å². The average Bonchev–Trinajstić information content (AvgIpc) is 3.21. The second-order valence-electron chi connectivity index (χ2n) is 5.30. The molecule has 2 heterocycles. The van der Waals surface area contributed by atoms with Crippen molar-refractivity contribution in [2.24, 2.45) is 0 Å². The van der Waals surface area contributed by atoms with Crippen LogP contribution in [0.3, 0.4) is 0 Å². The van der Waals surface area contributed by atoms with Crippen LogP contribution >= 0.6 is 11.8 Å². The Morgan fingerprint density at radius 1 is 1.29 bits per heavy atom. The molecule has 0 fully saturated rings. The number of carbonyl (C=O) groups excluding carboxylic acids is 1. The Kier molecular flexibility index (Phi) is 4.95. The predicted octanol–water partition coefficient (Wildman–Crippen LogP) is 2.13. The van der Waals surface area contributed by atoms with E-state index in [0.29, 0.717) is 12.1 Å². The van der Waals surface area contributed by atoms with Crippen LogP contribution in [0.1, 0.15) is 21.7 Å². The third-order valence-corrected chi connectivity index (χ3v) is 4.31. The van der Waals surface area contributed by atoms with Gasteiger partial charge in [0.15, 0.2) is 0 Å². The zero-order chi connectivity index (χ0) is 16.9. The van der Waals surface area contributed by atoms with Crippen LogP contribution in [-0.4, -0.2) is 43.4 Å². The van der Waals surface area contributed by atoms with Crippen molar-refractivity contribution in [3.8, 4) is 5.69 Å². The zero-order valence-electron chi connectivity index (χ0n) is 13.5. The number of hydrogen-bond acceptors (Lipinski definition) is 5. The molecule has 0 spiro atoms. The molecule has 0 aliphatic carbocycles. The van der Waals surface area contributed by atoms with E-state index in [4.69, 9.17) is 0 Å². The van der Waals surface area contributed by atoms with Crippen LogP contribution in [0.4, 0.5) is 0 Å². The number of hydrogen-bond donors (Lipinski definition) is 2. The van der Waals surface area contributed by atoms with Crippen LogP contribution in [0.5, 0.6) is 0 Å². The molecule has 8 heteroatoms. The van der Waals surface area contributed by atoms with Gasteiger partial charge in [0.05, 0.1) is 17.6 Å². The van der Waals surface area contributed by atoms with Crippen molar-refractivity contribution in [3.63, 3.8) is 0 Å². The molecule has 2 aromatic heterocycles. The van der Waals surface area contributed by atoms with E-state index in [1.807, 2.05) is 48.9 Å². The van der Waals surface area contributed by atoms with E-state index in [0.717, 1.165) is 27.9 Å². The average molecular weight is 342 g/mol. The second-order valence-corrected chi connectivity index (χ2v) is 6.41. The molecule has 0 unspecified atom stereocenters. The first-order valence-corrected chi connectivity index (χ1v) is 8.52. The van der Waals surface area contributed by atoms with Gasteiger partial charge in [0.2, 0.25) is 0 Å². The number of rotatable bonds is 6. The summed E-state index contributed by atoms with van der Waals surface area (Å²) in [5, 5.41) is 18.4. The van der Waals surface area contributed by atoms with Gasteiger partial charge in [-0.05, 0) is 44.2 Å². The Morgan fingerprint density at radius 2 is 2.08 bits per heavy atom. The molecule has 0 radical (unpaired) electrons. The summed E-state index contributed by atoms with van der Waals surface area (Å²) in [6, 6.07) is 9.45. The van der Waals surface area contributed by atoms with E-state index in [-0.39, 0.29) is 5.91 Å². The van der Waals surface area contributed by atoms with E-state index < -0.39 is 0 Å². The first-order valence-electron chi connectivity index (χ1n) is 7.54. The maximum atomic E-state index is 12.1. The van der Waals surface area contributed by atoms with Crippen LogP contribution in [0, 0.1) is 13.8 Å². The van der Waals surface area contributed by atoms with Crippen molar-refractivity contribution < 1.29 is 4.79 Å². The van der Waals surface area contributed by atoms with E-state index in [9.17, 15) is 4.79 Å². The lowest BCUT2D eigenvalue weighted by atomic mass is 10.2. The highest BCUT2D eigenvalue weighted by atomic mass is 32.2. The summed E-state index contributed by atoms with van der Waals surface area (Å²) in [5.41, 5.74) is 3.61. The molecule has 124 valence electrons. The van der Waals surface area contributed by atoms with Crippen LogP contribution in [-0.2, 0) is 0 Å². The molecule has 0 saturated carbocycles. The zero-order valence-corrected chi connectivity index (χ0v) is 14.3. The highest BCUT2D eigenvalue weighted by Crippen LogP contribution is 2.14. The van der Waals surface area contributed by atoms with Crippen LogP contribution in [0.2, 0.25) is 0 Å². The molecule has 3 aromatic rings. The minimum Gasteiger partial charge on any atom is -0.351 e. The number of amides is 1. The molecule has 7 nitrogen and oxygen atoms in total. The molecule has 24 heavy (non-hydrogen) atoms. The van der Waals surface area contributed by atoms with Crippen LogP contribution < -0.4 is 5.32 Å². The van der Waals surface area contributed by atoms with Gasteiger partial charge in [0, 0.05) is 23.6 Å². The molecule has 1 aromatic carbocycles. The van der Waals surface area contributed by atoms with Gasteiger partial charge in [0.1, 0.15) is 5.03 Å². The molecule has 1 amide bonds. The topological polar surface area (TPSA) is 88.5 Å². The van der Waals surface area contributed by atoms with E-state index in [1.54, 1.807) is 6.20 Å². The van der Waals surface area contributed by atoms with E-state index >= 15 is 0 Å². The van der Waals surface area contributed by atoms with Crippen LogP contribution in [0.15, 0.2) is 41.6 Å². The number of nitrogens with one attached hydrogen (secondary N) is 2. The quantitative estimate of drug-likeness (QED) is 0.529. The van der Waals surface area contributed by atoms with Crippen molar-refractivity contribution in [1.82, 2.24) is 30.5 Å². The van der Waals surface area contributed by atoms with Crippen molar-refractivity contribution >= 4 is 17.7 Å². The molecular weight excluding hydrogens is 324 g/mol. The van der Waals surface area contributed by atoms with Gasteiger partial charge in [-0.3, -0.25) is 4.79 Å². The predicted molar refractivity (Wildman–Crippen MR) is 92.5 cm³/mol. The number of H-pyrrole nitrogens is 1. The standard InChI is InChI=1S/C16H18N6OS/c1-11-9-12(2)22(20-11)14-5-3-13(4-6-14)16(23)17-7-8-24-15-10-18-21-19-15/h3-6,9-10H,7-8H2,1-2H3,(H,17,23)(H,18,19,21). The van der Waals surface area contributed by atoms with Gasteiger partial charge in [0.25, 0.3) is 5.91 Å². The molecule has 0 atom stereocenters. The number of carbonyl (C=O) groups is 1. The monoisotopic (exact) mass is 342 g/mol. The Labute approximate surface area is 143 Å². The molecular formula is C16H18N6OS. The minimum atomic E-state index is -0.0873. The largest absolute Gasteiger partial charge is 0.351 e. The Morgan fingerprint density at radius 3 is 2.71 bits per heavy atom. The number of aromatic nitrogens is 5. The van der Waals surface area contributed by atoms with E-state index in [2.05, 4.69) is 25.8 Å². The summed E-state index contributed by atoms with van der Waals surface area (Å²) in [6.45, 7) is 4.53. The fraction of sp³-hybridized carbons (Fsp3) is 0.250. The maximum Gasteiger partial charge on any atom is 0.251 e. The summed E-state index contributed by atoms with van der Waals surface area (Å²) in [5.74, 6) is 0.651. The lowest BCUT2D eigenvalue weighted by Crippen LogP contribution is -2.25. The summed E-state index contributed by atoms with van der Waals surface area (Å²) in [7, 11) is 0. The lowest BCUT2D eigenvalue weighted by Gasteiger charge is -2.07. The Balaban J connectivity index is 1.55. The molecule has 0 bridgehead atoms. The Bertz CT molecular complexity index is 810. The van der Waals surface area contributed by atoms with Gasteiger partial charge in [-0.25, -0.2) is 4.68 Å². The molecule has 2 N–H and O–H groups in total. The first kappa shape index (κ1) is 16.3. The minimum absolute atomic E-state index is 0.0873. The number of benzene rings is 1. The molecule has 0 saturated heterocycles. The van der Waals surface area contributed by atoms with Gasteiger partial charge in [-0.15, -0.1) is 16.9 Å². The fourth-order valence-electron chi connectivity index (χ4n) is 2.33. The maximum absolute atomic E-state index is 12.1. The third kappa shape index (κ3) is 3.83. The highest BCUT2D eigenvalue weighted by molar-refractivity contribution is 7.99. The van der Waals surface area contributed by atoms with Gasteiger partial charge < -0.3 is 5.32 Å². The van der Waals surface area contributed by atoms with Gasteiger partial charge in [-0.1, -0.05) is 0 Å². The first-order chi connectivity index (χ1) is 11.6. The van der Waals surface area contributed by atoms with Crippen molar-refractivity contribution in [3.05, 3.63) is 53.5 Å². The SMILES string of the molecule is Cc1cc(C)n(-c2ccc(C(=O)NCCSc3cn[nH]n3)cc2)n1.